The van der Waals surface area contributed by atoms with Gasteiger partial charge in [0.05, 0.1) is 6.54 Å². The Labute approximate surface area is 193 Å². The van der Waals surface area contributed by atoms with Crippen LogP contribution in [0, 0.1) is 12.7 Å². The van der Waals surface area contributed by atoms with Crippen molar-refractivity contribution >= 4 is 34.9 Å². The van der Waals surface area contributed by atoms with E-state index in [1.165, 1.54) is 27.7 Å². The molecule has 10 heteroatoms. The first kappa shape index (κ1) is 21.9. The zero-order chi connectivity index (χ0) is 22.7. The van der Waals surface area contributed by atoms with E-state index in [1.807, 2.05) is 31.2 Å². The molecular formula is C22H18Cl2FN5O2. The fourth-order valence-electron chi connectivity index (χ4n) is 2.99. The van der Waals surface area contributed by atoms with Crippen molar-refractivity contribution in [2.75, 3.05) is 5.32 Å². The molecule has 0 unspecified atom stereocenters. The molecule has 0 spiro atoms. The number of ether oxygens (including phenoxy) is 1. The maximum atomic E-state index is 14.0. The molecule has 1 amide bonds. The highest BCUT2D eigenvalue weighted by atomic mass is 35.5. The van der Waals surface area contributed by atoms with Crippen molar-refractivity contribution in [1.29, 1.82) is 0 Å². The number of para-hydroxylation sites is 1. The van der Waals surface area contributed by atoms with E-state index >= 15 is 0 Å². The van der Waals surface area contributed by atoms with Crippen molar-refractivity contribution in [2.45, 2.75) is 20.2 Å². The fourth-order valence-corrected chi connectivity index (χ4v) is 3.41. The Kier molecular flexibility index (Phi) is 6.43. The lowest BCUT2D eigenvalue weighted by atomic mass is 10.2. The van der Waals surface area contributed by atoms with Crippen LogP contribution in [0.3, 0.4) is 0 Å². The maximum Gasteiger partial charge on any atom is 0.277 e. The minimum atomic E-state index is -0.490. The van der Waals surface area contributed by atoms with E-state index in [2.05, 4.69) is 15.5 Å². The van der Waals surface area contributed by atoms with Crippen LogP contribution < -0.4 is 10.1 Å². The van der Waals surface area contributed by atoms with Gasteiger partial charge < -0.3 is 10.1 Å². The lowest BCUT2D eigenvalue weighted by molar-refractivity contribution is 0.101. The summed E-state index contributed by atoms with van der Waals surface area (Å²) >= 11 is 12.3. The summed E-state index contributed by atoms with van der Waals surface area (Å²) in [4.78, 5) is 12.6. The molecule has 0 bridgehead atoms. The highest BCUT2D eigenvalue weighted by Gasteiger charge is 2.16. The summed E-state index contributed by atoms with van der Waals surface area (Å²) < 4.78 is 22.6. The van der Waals surface area contributed by atoms with Gasteiger partial charge in [-0.3, -0.25) is 9.48 Å². The summed E-state index contributed by atoms with van der Waals surface area (Å²) in [6, 6.07) is 13.6. The minimum absolute atomic E-state index is 0.0615. The van der Waals surface area contributed by atoms with Gasteiger partial charge in [-0.25, -0.2) is 9.07 Å². The second-order valence-electron chi connectivity index (χ2n) is 6.96. The third-order valence-electron chi connectivity index (χ3n) is 4.65. The van der Waals surface area contributed by atoms with E-state index in [-0.39, 0.29) is 40.4 Å². The number of nitrogens with zero attached hydrogens (tertiary/aromatic N) is 4. The van der Waals surface area contributed by atoms with E-state index in [4.69, 9.17) is 27.9 Å². The molecule has 0 aliphatic rings. The molecule has 0 fully saturated rings. The molecule has 32 heavy (non-hydrogen) atoms. The summed E-state index contributed by atoms with van der Waals surface area (Å²) in [5, 5.41) is 11.5. The van der Waals surface area contributed by atoms with Crippen molar-refractivity contribution in [3.05, 3.63) is 93.6 Å². The van der Waals surface area contributed by atoms with Crippen LogP contribution in [0.1, 0.15) is 21.6 Å². The molecule has 164 valence electrons. The number of aromatic nitrogens is 4. The molecule has 1 N–H and O–H groups in total. The van der Waals surface area contributed by atoms with Gasteiger partial charge in [0.15, 0.2) is 18.2 Å². The Balaban J connectivity index is 1.41. The maximum absolute atomic E-state index is 14.0. The molecule has 4 aromatic rings. The van der Waals surface area contributed by atoms with E-state index < -0.39 is 11.7 Å². The molecule has 0 aliphatic heterocycles. The Morgan fingerprint density at radius 1 is 1.06 bits per heavy atom. The van der Waals surface area contributed by atoms with Gasteiger partial charge in [0.2, 0.25) is 0 Å². The van der Waals surface area contributed by atoms with Gasteiger partial charge in [-0.15, -0.1) is 0 Å². The monoisotopic (exact) mass is 473 g/mol. The van der Waals surface area contributed by atoms with Crippen LogP contribution in [0.5, 0.6) is 5.75 Å². The van der Waals surface area contributed by atoms with E-state index in [0.29, 0.717) is 0 Å². The molecular weight excluding hydrogens is 456 g/mol. The topological polar surface area (TPSA) is 74.0 Å². The lowest BCUT2D eigenvalue weighted by Crippen LogP contribution is -2.15. The number of amides is 1. The molecule has 0 radical (unpaired) electrons. The Morgan fingerprint density at radius 2 is 1.88 bits per heavy atom. The first-order chi connectivity index (χ1) is 15.4. The smallest absolute Gasteiger partial charge is 0.277 e. The van der Waals surface area contributed by atoms with Gasteiger partial charge in [-0.05, 0) is 36.8 Å². The first-order valence-electron chi connectivity index (χ1n) is 9.60. The third-order valence-corrected chi connectivity index (χ3v) is 5.28. The summed E-state index contributed by atoms with van der Waals surface area (Å²) in [5.41, 5.74) is 1.44. The van der Waals surface area contributed by atoms with Crippen LogP contribution in [0.15, 0.2) is 60.9 Å². The number of carbonyl (C=O) groups excluding carboxylic acids is 1. The van der Waals surface area contributed by atoms with E-state index in [0.717, 1.165) is 11.3 Å². The van der Waals surface area contributed by atoms with Crippen LogP contribution in [0.25, 0.3) is 0 Å². The van der Waals surface area contributed by atoms with Crippen LogP contribution in [0.2, 0.25) is 10.0 Å². The number of anilines is 1. The number of hydrogen-bond acceptors (Lipinski definition) is 4. The molecule has 0 atom stereocenters. The van der Waals surface area contributed by atoms with Crippen molar-refractivity contribution in [1.82, 2.24) is 19.6 Å². The Bertz CT molecular complexity index is 1250. The number of carbonyl (C=O) groups is 1. The summed E-state index contributed by atoms with van der Waals surface area (Å²) in [7, 11) is 0. The SMILES string of the molecule is Cc1ccccc1OCn1ccc(C(=O)Nc2nn(Cc3c(F)cccc3Cl)cc2Cl)n1. The number of halogens is 3. The van der Waals surface area contributed by atoms with Crippen LogP contribution >= 0.6 is 23.2 Å². The van der Waals surface area contributed by atoms with Crippen LogP contribution in [-0.2, 0) is 13.3 Å². The number of hydrogen-bond donors (Lipinski definition) is 1. The third kappa shape index (κ3) is 4.92. The number of aryl methyl sites for hydroxylation is 1. The molecule has 0 aliphatic carbocycles. The highest BCUT2D eigenvalue weighted by Crippen LogP contribution is 2.24. The van der Waals surface area contributed by atoms with E-state index in [1.54, 1.807) is 18.3 Å². The van der Waals surface area contributed by atoms with Gasteiger partial charge in [0.25, 0.3) is 5.91 Å². The molecule has 2 aromatic heterocycles. The standard InChI is InChI=1S/C22H18Cl2FN5O2/c1-14-5-2-3-8-20(14)32-13-29-10-9-19(27-29)22(31)26-21-17(24)12-30(28-21)11-15-16(23)6-4-7-18(15)25/h2-10,12H,11,13H2,1H3,(H,26,28,31). The predicted octanol–water partition coefficient (Wildman–Crippen LogP) is 5.17. The normalized spacial score (nSPS) is 10.9. The predicted molar refractivity (Wildman–Crippen MR) is 120 cm³/mol. The lowest BCUT2D eigenvalue weighted by Gasteiger charge is -2.08. The van der Waals surface area contributed by atoms with Crippen LogP contribution in [-0.4, -0.2) is 25.5 Å². The largest absolute Gasteiger partial charge is 0.471 e. The molecule has 2 heterocycles. The van der Waals surface area contributed by atoms with Crippen molar-refractivity contribution in [3.8, 4) is 5.75 Å². The average molecular weight is 474 g/mol. The van der Waals surface area contributed by atoms with Gasteiger partial charge in [-0.2, -0.15) is 10.2 Å². The molecule has 2 aromatic carbocycles. The highest BCUT2D eigenvalue weighted by molar-refractivity contribution is 6.33. The van der Waals surface area contributed by atoms with Gasteiger partial charge >= 0.3 is 0 Å². The Morgan fingerprint density at radius 3 is 2.66 bits per heavy atom. The Hall–Kier alpha value is -3.36. The number of benzene rings is 2. The number of nitrogens with one attached hydrogen (secondary N) is 1. The average Bonchev–Trinajstić information content (AvgIpc) is 3.37. The molecule has 0 saturated heterocycles. The van der Waals surface area contributed by atoms with Gasteiger partial charge in [0, 0.05) is 23.0 Å². The second-order valence-corrected chi connectivity index (χ2v) is 7.77. The summed E-state index contributed by atoms with van der Waals surface area (Å²) in [6.45, 7) is 2.16. The summed E-state index contributed by atoms with van der Waals surface area (Å²) in [5.74, 6) is -0.0694. The van der Waals surface area contributed by atoms with Crippen molar-refractivity contribution < 1.29 is 13.9 Å². The minimum Gasteiger partial charge on any atom is -0.471 e. The molecule has 0 saturated carbocycles. The zero-order valence-electron chi connectivity index (χ0n) is 16.9. The van der Waals surface area contributed by atoms with Gasteiger partial charge in [0.1, 0.15) is 16.6 Å². The quantitative estimate of drug-likeness (QED) is 0.401. The van der Waals surface area contributed by atoms with Gasteiger partial charge in [-0.1, -0.05) is 47.5 Å². The summed E-state index contributed by atoms with van der Waals surface area (Å²) in [6.07, 6.45) is 3.11. The van der Waals surface area contributed by atoms with Crippen molar-refractivity contribution in [3.63, 3.8) is 0 Å². The first-order valence-corrected chi connectivity index (χ1v) is 10.4. The van der Waals surface area contributed by atoms with Crippen molar-refractivity contribution in [2.24, 2.45) is 0 Å². The zero-order valence-corrected chi connectivity index (χ0v) is 18.4. The molecule has 4 rings (SSSR count). The molecule has 7 nitrogen and oxygen atoms in total. The van der Waals surface area contributed by atoms with E-state index in [9.17, 15) is 9.18 Å². The number of rotatable bonds is 7. The van der Waals surface area contributed by atoms with Crippen LogP contribution in [0.4, 0.5) is 10.2 Å². The second kappa shape index (κ2) is 9.42. The fraction of sp³-hybridized carbons (Fsp3) is 0.136.